The number of benzene rings is 1. The van der Waals surface area contributed by atoms with Gasteiger partial charge in [-0.15, -0.1) is 11.6 Å². The number of alkyl halides is 1. The molecule has 1 heterocycles. The van der Waals surface area contributed by atoms with Crippen molar-refractivity contribution in [3.05, 3.63) is 28.0 Å². The summed E-state index contributed by atoms with van der Waals surface area (Å²) in [7, 11) is -0.905. The van der Waals surface area contributed by atoms with Gasteiger partial charge in [-0.3, -0.25) is 4.21 Å². The van der Waals surface area contributed by atoms with Crippen molar-refractivity contribution in [2.45, 2.75) is 25.3 Å². The van der Waals surface area contributed by atoms with Crippen LogP contribution >= 0.6 is 34.8 Å². The molecule has 2 rings (SSSR count). The molecule has 0 fully saturated rings. The van der Waals surface area contributed by atoms with E-state index in [4.69, 9.17) is 34.8 Å². The number of imidazole rings is 1. The molecule has 2 aromatic rings. The Bertz CT molecular complexity index is 669. The van der Waals surface area contributed by atoms with Gasteiger partial charge in [0.2, 0.25) is 0 Å². The lowest BCUT2D eigenvalue weighted by molar-refractivity contribution is 0.583. The van der Waals surface area contributed by atoms with Gasteiger partial charge >= 0.3 is 0 Å². The smallest absolute Gasteiger partial charge is 0.127 e. The van der Waals surface area contributed by atoms with Crippen LogP contribution in [-0.4, -0.2) is 25.8 Å². The van der Waals surface area contributed by atoms with Crippen LogP contribution in [0.2, 0.25) is 10.0 Å². The maximum absolute atomic E-state index is 11.5. The molecule has 3 unspecified atom stereocenters. The summed E-state index contributed by atoms with van der Waals surface area (Å²) < 4.78 is 13.5. The Morgan fingerprint density at radius 3 is 2.45 bits per heavy atom. The first-order valence-electron chi connectivity index (χ1n) is 6.12. The Balaban J connectivity index is 2.67. The molecule has 0 amide bonds. The minimum atomic E-state index is -0.905. The fourth-order valence-corrected chi connectivity index (χ4v) is 3.57. The number of hydrogen-bond donors (Lipinski definition) is 0. The van der Waals surface area contributed by atoms with Crippen molar-refractivity contribution in [2.24, 2.45) is 0 Å². The molecule has 7 heteroatoms. The predicted molar refractivity (Wildman–Crippen MR) is 87.7 cm³/mol. The molecule has 0 saturated heterocycles. The number of fused-ring (bicyclic) bond motifs is 1. The molecule has 0 N–H and O–H groups in total. The van der Waals surface area contributed by atoms with Gasteiger partial charge < -0.3 is 4.57 Å². The highest BCUT2D eigenvalue weighted by Crippen LogP contribution is 2.33. The molecule has 1 aromatic carbocycles. The van der Waals surface area contributed by atoms with Crippen LogP contribution < -0.4 is 0 Å². The summed E-state index contributed by atoms with van der Waals surface area (Å²) in [6.45, 7) is 3.85. The second kappa shape index (κ2) is 6.22. The van der Waals surface area contributed by atoms with Crippen LogP contribution in [0.4, 0.5) is 0 Å². The van der Waals surface area contributed by atoms with Gasteiger partial charge in [-0.25, -0.2) is 4.98 Å². The third-order valence-electron chi connectivity index (χ3n) is 3.03. The molecule has 0 aliphatic carbocycles. The summed E-state index contributed by atoms with van der Waals surface area (Å²) in [5.41, 5.74) is 1.61. The normalized spacial score (nSPS) is 16.3. The highest BCUT2D eigenvalue weighted by atomic mass is 35.5. The van der Waals surface area contributed by atoms with Crippen molar-refractivity contribution in [2.75, 3.05) is 12.0 Å². The first-order valence-corrected chi connectivity index (χ1v) is 9.04. The van der Waals surface area contributed by atoms with Crippen LogP contribution in [0, 0.1) is 0 Å². The van der Waals surface area contributed by atoms with Gasteiger partial charge in [0, 0.05) is 28.9 Å². The second-order valence-corrected chi connectivity index (χ2v) is 7.75. The highest BCUT2D eigenvalue weighted by molar-refractivity contribution is 7.84. The maximum Gasteiger partial charge on any atom is 0.127 e. The van der Waals surface area contributed by atoms with Crippen molar-refractivity contribution in [3.63, 3.8) is 0 Å². The van der Waals surface area contributed by atoms with Crippen molar-refractivity contribution in [3.8, 4) is 0 Å². The van der Waals surface area contributed by atoms with E-state index in [9.17, 15) is 4.21 Å². The molecule has 0 saturated carbocycles. The standard InChI is InChI=1S/C13H15Cl3N2OS/c1-7(6-20(3)19)18-12-5-10(16)9(15)4-11(12)17-13(18)8(2)14/h4-5,7-8H,6H2,1-3H3. The summed E-state index contributed by atoms with van der Waals surface area (Å²) >= 11 is 18.3. The van der Waals surface area contributed by atoms with Crippen molar-refractivity contribution >= 4 is 56.6 Å². The summed E-state index contributed by atoms with van der Waals surface area (Å²) in [4.78, 5) is 4.53. The van der Waals surface area contributed by atoms with Gasteiger partial charge in [-0.1, -0.05) is 23.2 Å². The SMILES string of the molecule is CC(Cl)c1nc2cc(Cl)c(Cl)cc2n1C(C)CS(C)=O. The Morgan fingerprint density at radius 2 is 1.90 bits per heavy atom. The summed E-state index contributed by atoms with van der Waals surface area (Å²) in [6.07, 6.45) is 1.68. The van der Waals surface area contributed by atoms with Gasteiger partial charge in [0.25, 0.3) is 0 Å². The van der Waals surface area contributed by atoms with Crippen LogP contribution in [-0.2, 0) is 10.8 Å². The number of rotatable bonds is 4. The molecule has 3 atom stereocenters. The molecule has 3 nitrogen and oxygen atoms in total. The molecule has 0 aliphatic heterocycles. The van der Waals surface area contributed by atoms with Crippen LogP contribution in [0.25, 0.3) is 11.0 Å². The van der Waals surface area contributed by atoms with Gasteiger partial charge in [-0.2, -0.15) is 0 Å². The third-order valence-corrected chi connectivity index (χ3v) is 4.90. The zero-order valence-corrected chi connectivity index (χ0v) is 14.4. The quantitative estimate of drug-likeness (QED) is 0.754. The Labute approximate surface area is 135 Å². The lowest BCUT2D eigenvalue weighted by Gasteiger charge is -2.17. The second-order valence-electron chi connectivity index (χ2n) is 4.80. The van der Waals surface area contributed by atoms with Gasteiger partial charge in [0.05, 0.1) is 26.5 Å². The highest BCUT2D eigenvalue weighted by Gasteiger charge is 2.20. The fraction of sp³-hybridized carbons (Fsp3) is 0.462. The lowest BCUT2D eigenvalue weighted by Crippen LogP contribution is -2.15. The summed E-state index contributed by atoms with van der Waals surface area (Å²) in [5, 5.41) is 0.677. The number of aromatic nitrogens is 2. The van der Waals surface area contributed by atoms with E-state index in [0.29, 0.717) is 15.8 Å². The monoisotopic (exact) mass is 352 g/mol. The molecule has 0 radical (unpaired) electrons. The number of nitrogens with zero attached hydrogens (tertiary/aromatic N) is 2. The summed E-state index contributed by atoms with van der Waals surface area (Å²) in [6, 6.07) is 3.53. The maximum atomic E-state index is 11.5. The van der Waals surface area contributed by atoms with E-state index in [1.165, 1.54) is 0 Å². The molecule has 0 aliphatic rings. The Hall–Kier alpha value is -0.290. The molecule has 0 spiro atoms. The minimum absolute atomic E-state index is 0.0132. The van der Waals surface area contributed by atoms with Crippen molar-refractivity contribution < 1.29 is 4.21 Å². The fourth-order valence-electron chi connectivity index (χ4n) is 2.27. The molecule has 1 aromatic heterocycles. The van der Waals surface area contributed by atoms with Crippen LogP contribution in [0.3, 0.4) is 0 Å². The number of hydrogen-bond acceptors (Lipinski definition) is 2. The molecule has 20 heavy (non-hydrogen) atoms. The van der Waals surface area contributed by atoms with Gasteiger partial charge in [-0.05, 0) is 26.0 Å². The first-order chi connectivity index (χ1) is 9.31. The summed E-state index contributed by atoms with van der Waals surface area (Å²) in [5.74, 6) is 1.26. The van der Waals surface area contributed by atoms with E-state index < -0.39 is 10.8 Å². The number of halogens is 3. The van der Waals surface area contributed by atoms with Crippen LogP contribution in [0.1, 0.15) is 31.1 Å². The van der Waals surface area contributed by atoms with Crippen LogP contribution in [0.5, 0.6) is 0 Å². The zero-order valence-electron chi connectivity index (χ0n) is 11.4. The predicted octanol–water partition coefficient (Wildman–Crippen LogP) is 4.58. The topological polar surface area (TPSA) is 34.9 Å². The first kappa shape index (κ1) is 16.1. The van der Waals surface area contributed by atoms with Crippen LogP contribution in [0.15, 0.2) is 12.1 Å². The Kier molecular flexibility index (Phi) is 5.00. The average Bonchev–Trinajstić information content (AvgIpc) is 2.67. The van der Waals surface area contributed by atoms with Gasteiger partial charge in [0.15, 0.2) is 0 Å². The van der Waals surface area contributed by atoms with Crippen molar-refractivity contribution in [1.29, 1.82) is 0 Å². The van der Waals surface area contributed by atoms with Crippen molar-refractivity contribution in [1.82, 2.24) is 9.55 Å². The molecule has 0 bridgehead atoms. The molecular formula is C13H15Cl3N2OS. The lowest BCUT2D eigenvalue weighted by atomic mass is 10.3. The van der Waals surface area contributed by atoms with E-state index in [1.807, 2.05) is 18.4 Å². The van der Waals surface area contributed by atoms with E-state index in [1.54, 1.807) is 18.4 Å². The molecule has 110 valence electrons. The van der Waals surface area contributed by atoms with E-state index in [2.05, 4.69) is 4.98 Å². The largest absolute Gasteiger partial charge is 0.323 e. The third kappa shape index (κ3) is 3.14. The van der Waals surface area contributed by atoms with E-state index >= 15 is 0 Å². The molecular weight excluding hydrogens is 339 g/mol. The van der Waals surface area contributed by atoms with E-state index in [0.717, 1.165) is 16.9 Å². The Morgan fingerprint density at radius 1 is 1.30 bits per heavy atom. The van der Waals surface area contributed by atoms with E-state index in [-0.39, 0.29) is 11.4 Å². The minimum Gasteiger partial charge on any atom is -0.323 e. The average molecular weight is 354 g/mol. The zero-order chi connectivity index (χ0) is 15.0. The van der Waals surface area contributed by atoms with Gasteiger partial charge in [0.1, 0.15) is 5.82 Å².